The monoisotopic (exact) mass is 246 g/mol. The lowest BCUT2D eigenvalue weighted by atomic mass is 9.85. The lowest BCUT2D eigenvalue weighted by molar-refractivity contribution is 0.0350. The molecule has 0 spiro atoms. The van der Waals surface area contributed by atoms with Gasteiger partial charge in [-0.25, -0.2) is 0 Å². The Morgan fingerprint density at radius 1 is 1.44 bits per heavy atom. The zero-order valence-corrected chi connectivity index (χ0v) is 10.6. The number of nitrogens with zero attached hydrogens (tertiary/aromatic N) is 1. The summed E-state index contributed by atoms with van der Waals surface area (Å²) in [4.78, 5) is 14.1. The van der Waals surface area contributed by atoms with Gasteiger partial charge < -0.3 is 15.4 Å². The molecule has 2 aliphatic rings. The second-order valence-electron chi connectivity index (χ2n) is 5.40. The molecule has 0 aromatic heterocycles. The summed E-state index contributed by atoms with van der Waals surface area (Å²) < 4.78 is 5.13. The zero-order valence-electron chi connectivity index (χ0n) is 10.6. The molecule has 0 bridgehead atoms. The molecule has 1 aromatic rings. The van der Waals surface area contributed by atoms with E-state index in [0.717, 1.165) is 0 Å². The molecule has 2 N–H and O–H groups in total. The number of hydrogen-bond donors (Lipinski definition) is 1. The van der Waals surface area contributed by atoms with Crippen molar-refractivity contribution in [3.05, 3.63) is 29.8 Å². The van der Waals surface area contributed by atoms with E-state index in [1.54, 1.807) is 13.2 Å². The second-order valence-corrected chi connectivity index (χ2v) is 5.40. The number of amides is 1. The van der Waals surface area contributed by atoms with Gasteiger partial charge in [0.2, 0.25) is 0 Å². The van der Waals surface area contributed by atoms with E-state index >= 15 is 0 Å². The van der Waals surface area contributed by atoms with Crippen LogP contribution in [0.4, 0.5) is 0 Å². The molecule has 0 radical (unpaired) electrons. The van der Waals surface area contributed by atoms with Crippen LogP contribution in [0.2, 0.25) is 0 Å². The molecule has 1 heterocycles. The van der Waals surface area contributed by atoms with Crippen LogP contribution in [0.5, 0.6) is 5.75 Å². The third-order valence-corrected chi connectivity index (χ3v) is 3.96. The van der Waals surface area contributed by atoms with Crippen LogP contribution in [0, 0.1) is 5.92 Å². The summed E-state index contributed by atoms with van der Waals surface area (Å²) in [7, 11) is 1.60. The SMILES string of the molecule is COc1cccc(C(=O)N2CC(N)(C3CC3)C2)c1. The Morgan fingerprint density at radius 3 is 2.78 bits per heavy atom. The topological polar surface area (TPSA) is 55.6 Å². The van der Waals surface area contributed by atoms with E-state index in [1.807, 2.05) is 23.1 Å². The minimum Gasteiger partial charge on any atom is -0.497 e. The number of methoxy groups -OCH3 is 1. The van der Waals surface area contributed by atoms with Gasteiger partial charge in [-0.15, -0.1) is 0 Å². The van der Waals surface area contributed by atoms with Gasteiger partial charge in [-0.1, -0.05) is 6.07 Å². The van der Waals surface area contributed by atoms with Gasteiger partial charge in [0.05, 0.1) is 12.6 Å². The van der Waals surface area contributed by atoms with Crippen LogP contribution in [0.1, 0.15) is 23.2 Å². The Labute approximate surface area is 107 Å². The Morgan fingerprint density at radius 2 is 2.17 bits per heavy atom. The maximum Gasteiger partial charge on any atom is 0.254 e. The third-order valence-electron chi connectivity index (χ3n) is 3.96. The average Bonchev–Trinajstić information content (AvgIpc) is 3.18. The van der Waals surface area contributed by atoms with Crippen LogP contribution in [0.3, 0.4) is 0 Å². The molecular formula is C14H18N2O2. The fourth-order valence-electron chi connectivity index (χ4n) is 2.66. The van der Waals surface area contributed by atoms with Crippen LogP contribution in [-0.4, -0.2) is 36.5 Å². The van der Waals surface area contributed by atoms with E-state index in [1.165, 1.54) is 12.8 Å². The van der Waals surface area contributed by atoms with Gasteiger partial charge in [-0.3, -0.25) is 4.79 Å². The van der Waals surface area contributed by atoms with Crippen molar-refractivity contribution in [3.8, 4) is 5.75 Å². The van der Waals surface area contributed by atoms with E-state index in [-0.39, 0.29) is 11.4 Å². The Kier molecular flexibility index (Phi) is 2.55. The van der Waals surface area contributed by atoms with Crippen molar-refractivity contribution in [2.45, 2.75) is 18.4 Å². The molecule has 2 fully saturated rings. The van der Waals surface area contributed by atoms with Gasteiger partial charge in [-0.05, 0) is 37.0 Å². The van der Waals surface area contributed by atoms with Crippen molar-refractivity contribution in [2.24, 2.45) is 11.7 Å². The Hall–Kier alpha value is -1.55. The van der Waals surface area contributed by atoms with Crippen molar-refractivity contribution in [1.29, 1.82) is 0 Å². The molecule has 18 heavy (non-hydrogen) atoms. The van der Waals surface area contributed by atoms with Gasteiger partial charge >= 0.3 is 0 Å². The molecule has 1 aromatic carbocycles. The number of carbonyl (C=O) groups excluding carboxylic acids is 1. The van der Waals surface area contributed by atoms with Crippen molar-refractivity contribution in [1.82, 2.24) is 4.90 Å². The van der Waals surface area contributed by atoms with E-state index in [9.17, 15) is 4.79 Å². The fourth-order valence-corrected chi connectivity index (χ4v) is 2.66. The minimum atomic E-state index is -0.117. The Balaban J connectivity index is 1.68. The predicted octanol–water partition coefficient (Wildman–Crippen LogP) is 1.26. The van der Waals surface area contributed by atoms with Crippen molar-refractivity contribution in [2.75, 3.05) is 20.2 Å². The molecule has 1 amide bonds. The van der Waals surface area contributed by atoms with Crippen LogP contribution in [-0.2, 0) is 0 Å². The number of ether oxygens (including phenoxy) is 1. The van der Waals surface area contributed by atoms with E-state index in [4.69, 9.17) is 10.5 Å². The molecular weight excluding hydrogens is 228 g/mol. The molecule has 1 aliphatic carbocycles. The normalized spacial score (nSPS) is 21.3. The molecule has 1 saturated carbocycles. The highest BCUT2D eigenvalue weighted by atomic mass is 16.5. The summed E-state index contributed by atoms with van der Waals surface area (Å²) in [5.74, 6) is 1.39. The molecule has 1 saturated heterocycles. The van der Waals surface area contributed by atoms with Crippen LogP contribution in [0.25, 0.3) is 0 Å². The first-order chi connectivity index (χ1) is 8.62. The minimum absolute atomic E-state index is 0.0515. The highest BCUT2D eigenvalue weighted by molar-refractivity contribution is 5.95. The quantitative estimate of drug-likeness (QED) is 0.873. The summed E-state index contributed by atoms with van der Waals surface area (Å²) >= 11 is 0. The summed E-state index contributed by atoms with van der Waals surface area (Å²) in [6.07, 6.45) is 2.44. The second kappa shape index (κ2) is 3.99. The van der Waals surface area contributed by atoms with Gasteiger partial charge in [0.1, 0.15) is 5.75 Å². The molecule has 3 rings (SSSR count). The van der Waals surface area contributed by atoms with Gasteiger partial charge in [0.25, 0.3) is 5.91 Å². The number of rotatable bonds is 3. The van der Waals surface area contributed by atoms with Crippen LogP contribution < -0.4 is 10.5 Å². The standard InChI is InChI=1S/C14H18N2O2/c1-18-12-4-2-3-10(7-12)13(17)16-8-14(15,9-16)11-5-6-11/h2-4,7,11H,5-6,8-9,15H2,1H3. The van der Waals surface area contributed by atoms with Crippen molar-refractivity contribution in [3.63, 3.8) is 0 Å². The zero-order chi connectivity index (χ0) is 12.8. The summed E-state index contributed by atoms with van der Waals surface area (Å²) in [6.45, 7) is 1.38. The smallest absolute Gasteiger partial charge is 0.254 e. The average molecular weight is 246 g/mol. The molecule has 96 valence electrons. The predicted molar refractivity (Wildman–Crippen MR) is 68.5 cm³/mol. The van der Waals surface area contributed by atoms with E-state index in [2.05, 4.69) is 0 Å². The largest absolute Gasteiger partial charge is 0.497 e. The number of benzene rings is 1. The maximum absolute atomic E-state index is 12.2. The lowest BCUT2D eigenvalue weighted by Crippen LogP contribution is -2.69. The van der Waals surface area contributed by atoms with Gasteiger partial charge in [-0.2, -0.15) is 0 Å². The van der Waals surface area contributed by atoms with Crippen molar-refractivity contribution >= 4 is 5.91 Å². The first-order valence-electron chi connectivity index (χ1n) is 6.34. The highest BCUT2D eigenvalue weighted by Gasteiger charge is 2.51. The summed E-state index contributed by atoms with van der Waals surface area (Å²) in [6, 6.07) is 7.27. The fraction of sp³-hybridized carbons (Fsp3) is 0.500. The first-order valence-corrected chi connectivity index (χ1v) is 6.34. The molecule has 0 unspecified atom stereocenters. The molecule has 4 nitrogen and oxygen atoms in total. The highest BCUT2D eigenvalue weighted by Crippen LogP contribution is 2.43. The maximum atomic E-state index is 12.2. The summed E-state index contributed by atoms with van der Waals surface area (Å²) in [5.41, 5.74) is 6.81. The first kappa shape index (κ1) is 11.5. The Bertz CT molecular complexity index is 476. The number of likely N-dealkylation sites (tertiary alicyclic amines) is 1. The summed E-state index contributed by atoms with van der Waals surface area (Å²) in [5, 5.41) is 0. The van der Waals surface area contributed by atoms with E-state index < -0.39 is 0 Å². The van der Waals surface area contributed by atoms with Gasteiger partial charge in [0, 0.05) is 18.7 Å². The number of hydrogen-bond acceptors (Lipinski definition) is 3. The molecule has 1 aliphatic heterocycles. The lowest BCUT2D eigenvalue weighted by Gasteiger charge is -2.48. The molecule has 4 heteroatoms. The van der Waals surface area contributed by atoms with E-state index in [0.29, 0.717) is 30.3 Å². The number of nitrogens with two attached hydrogens (primary N) is 1. The molecule has 0 atom stereocenters. The number of carbonyl (C=O) groups is 1. The van der Waals surface area contributed by atoms with Crippen LogP contribution in [0.15, 0.2) is 24.3 Å². The van der Waals surface area contributed by atoms with Crippen LogP contribution >= 0.6 is 0 Å². The van der Waals surface area contributed by atoms with Crippen molar-refractivity contribution < 1.29 is 9.53 Å². The van der Waals surface area contributed by atoms with Gasteiger partial charge in [0.15, 0.2) is 0 Å². The third kappa shape index (κ3) is 1.86.